The van der Waals surface area contributed by atoms with E-state index in [4.69, 9.17) is 9.47 Å². The Labute approximate surface area is 193 Å². The van der Waals surface area contributed by atoms with Crippen LogP contribution in [0, 0.1) is 4.91 Å². The Balaban J connectivity index is 2.56. The average molecular weight is 485 g/mol. The van der Waals surface area contributed by atoms with Gasteiger partial charge in [0.25, 0.3) is 0 Å². The van der Waals surface area contributed by atoms with E-state index in [-0.39, 0.29) is 23.3 Å². The zero-order chi connectivity index (χ0) is 25.9. The highest BCUT2D eigenvalue weighted by Crippen LogP contribution is 2.46. The lowest BCUT2D eigenvalue weighted by molar-refractivity contribution is -0.289. The van der Waals surface area contributed by atoms with Gasteiger partial charge in [-0.1, -0.05) is 29.4 Å². The molecule has 0 N–H and O–H groups in total. The van der Waals surface area contributed by atoms with Crippen molar-refractivity contribution in [1.82, 2.24) is 0 Å². The molecule has 0 aliphatic rings. The molecule has 0 fully saturated rings. The van der Waals surface area contributed by atoms with Crippen molar-refractivity contribution in [3.8, 4) is 11.5 Å². The van der Waals surface area contributed by atoms with Crippen LogP contribution >= 0.6 is 0 Å². The Morgan fingerprint density at radius 1 is 0.971 bits per heavy atom. The maximum absolute atomic E-state index is 14.1. The fourth-order valence-corrected chi connectivity index (χ4v) is 2.91. The Bertz CT molecular complexity index is 1090. The number of hydrogen-bond donors (Lipinski definition) is 0. The number of benzene rings is 2. The summed E-state index contributed by atoms with van der Waals surface area (Å²) in [6.07, 6.45) is -4.51. The van der Waals surface area contributed by atoms with Crippen molar-refractivity contribution >= 4 is 17.9 Å². The summed E-state index contributed by atoms with van der Waals surface area (Å²) in [4.78, 5) is 22.9. The van der Waals surface area contributed by atoms with Crippen LogP contribution in [0.1, 0.15) is 44.4 Å². The highest BCUT2D eigenvalue weighted by atomic mass is 19.4. The first kappa shape index (κ1) is 26.9. The molecule has 0 amide bonds. The predicted molar refractivity (Wildman–Crippen MR) is 118 cm³/mol. The number of halogens is 5. The van der Waals surface area contributed by atoms with Gasteiger partial charge in [-0.05, 0) is 51.5 Å². The Morgan fingerprint density at radius 2 is 1.59 bits per heavy atom. The van der Waals surface area contributed by atoms with Gasteiger partial charge in [0.2, 0.25) is 0 Å². The summed E-state index contributed by atoms with van der Waals surface area (Å²) in [7, 11) is 1.31. The van der Waals surface area contributed by atoms with Crippen molar-refractivity contribution in [2.45, 2.75) is 50.9 Å². The molecule has 2 aromatic rings. The average Bonchev–Trinajstić information content (AvgIpc) is 2.76. The first-order valence-electron chi connectivity index (χ1n) is 10.0. The normalized spacial score (nSPS) is 13.4. The van der Waals surface area contributed by atoms with Gasteiger partial charge >= 0.3 is 12.1 Å². The second-order valence-corrected chi connectivity index (χ2v) is 8.50. The van der Waals surface area contributed by atoms with Crippen molar-refractivity contribution in [3.05, 3.63) is 64.1 Å². The first-order chi connectivity index (χ1) is 15.6. The van der Waals surface area contributed by atoms with Crippen molar-refractivity contribution in [3.63, 3.8) is 0 Å². The van der Waals surface area contributed by atoms with Gasteiger partial charge in [0, 0.05) is 22.8 Å². The van der Waals surface area contributed by atoms with Gasteiger partial charge in [-0.3, -0.25) is 4.79 Å². The van der Waals surface area contributed by atoms with Gasteiger partial charge in [0.1, 0.15) is 22.6 Å². The number of methoxy groups -OCH3 is 1. The minimum Gasteiger partial charge on any atom is -0.496 e. The standard InChI is InChI=1S/C24H24F5NO4/c1-21(2,30-32)22(3,4)34-17-11-10-15(20(13-17)33-5)12-16(14-31)18-8-6-7-9-19(18)23(25,26)24(27,28)29/h6-14H,1-5H3/b16-12+. The van der Waals surface area contributed by atoms with E-state index in [2.05, 4.69) is 5.18 Å². The molecule has 34 heavy (non-hydrogen) atoms. The molecule has 2 aromatic carbocycles. The second-order valence-electron chi connectivity index (χ2n) is 8.50. The number of carbonyl (C=O) groups is 1. The predicted octanol–water partition coefficient (Wildman–Crippen LogP) is 6.79. The largest absolute Gasteiger partial charge is 0.496 e. The Morgan fingerprint density at radius 3 is 2.12 bits per heavy atom. The van der Waals surface area contributed by atoms with Crippen molar-refractivity contribution in [2.24, 2.45) is 5.18 Å². The highest BCUT2D eigenvalue weighted by Gasteiger charge is 2.59. The maximum atomic E-state index is 14.1. The fourth-order valence-electron chi connectivity index (χ4n) is 2.91. The molecule has 0 aromatic heterocycles. The molecule has 0 bridgehead atoms. The molecule has 0 aliphatic heterocycles. The summed E-state index contributed by atoms with van der Waals surface area (Å²) in [6.45, 7) is 6.52. The third-order valence-corrected chi connectivity index (χ3v) is 5.65. The topological polar surface area (TPSA) is 65.0 Å². The number of allylic oxidation sites excluding steroid dienone is 1. The van der Waals surface area contributed by atoms with E-state index in [9.17, 15) is 31.7 Å². The van der Waals surface area contributed by atoms with Gasteiger partial charge < -0.3 is 9.47 Å². The van der Waals surface area contributed by atoms with Crippen LogP contribution in [0.25, 0.3) is 11.6 Å². The van der Waals surface area contributed by atoms with E-state index in [1.165, 1.54) is 31.4 Å². The maximum Gasteiger partial charge on any atom is 0.458 e. The lowest BCUT2D eigenvalue weighted by atomic mass is 9.86. The number of hydrogen-bond acceptors (Lipinski definition) is 5. The van der Waals surface area contributed by atoms with Gasteiger partial charge in [0.15, 0.2) is 6.29 Å². The van der Waals surface area contributed by atoms with Crippen molar-refractivity contribution < 1.29 is 36.2 Å². The molecule has 0 heterocycles. The fraction of sp³-hybridized carbons (Fsp3) is 0.375. The lowest BCUT2D eigenvalue weighted by Gasteiger charge is -2.36. The van der Waals surface area contributed by atoms with Crippen molar-refractivity contribution in [2.75, 3.05) is 7.11 Å². The van der Waals surface area contributed by atoms with Crippen LogP contribution in [-0.2, 0) is 10.7 Å². The molecule has 2 rings (SSSR count). The zero-order valence-electron chi connectivity index (χ0n) is 19.2. The molecule has 0 aliphatic carbocycles. The number of rotatable bonds is 9. The molecular weight excluding hydrogens is 461 g/mol. The SMILES string of the molecule is COc1cc(OC(C)(C)C(C)(C)N=O)ccc1/C=C(\C=O)c1ccccc1C(F)(F)C(F)(F)F. The van der Waals surface area contributed by atoms with E-state index in [0.29, 0.717) is 6.07 Å². The smallest absolute Gasteiger partial charge is 0.458 e. The summed E-state index contributed by atoms with van der Waals surface area (Å²) in [5, 5.41) is 3.08. The molecule has 0 saturated carbocycles. The van der Waals surface area contributed by atoms with Gasteiger partial charge in [-0.25, -0.2) is 0 Å². The molecular formula is C24H24F5NO4. The third kappa shape index (κ3) is 5.26. The summed E-state index contributed by atoms with van der Waals surface area (Å²) in [5.74, 6) is -4.73. The zero-order valence-corrected chi connectivity index (χ0v) is 19.2. The summed E-state index contributed by atoms with van der Waals surface area (Å²) in [6, 6.07) is 8.28. The molecule has 5 nitrogen and oxygen atoms in total. The van der Waals surface area contributed by atoms with E-state index in [0.717, 1.165) is 18.2 Å². The van der Waals surface area contributed by atoms with Crippen molar-refractivity contribution in [1.29, 1.82) is 0 Å². The van der Waals surface area contributed by atoms with Gasteiger partial charge in [-0.15, -0.1) is 0 Å². The van der Waals surface area contributed by atoms with Crippen LogP contribution < -0.4 is 9.47 Å². The van der Waals surface area contributed by atoms with E-state index >= 15 is 0 Å². The van der Waals surface area contributed by atoms with E-state index in [1.54, 1.807) is 27.7 Å². The number of alkyl halides is 5. The second kappa shape index (κ2) is 9.52. The van der Waals surface area contributed by atoms with E-state index in [1.807, 2.05) is 0 Å². The number of ether oxygens (including phenoxy) is 2. The summed E-state index contributed by atoms with van der Waals surface area (Å²) < 4.78 is 78.3. The van der Waals surface area contributed by atoms with Gasteiger partial charge in [0.05, 0.1) is 7.11 Å². The molecule has 0 radical (unpaired) electrons. The summed E-state index contributed by atoms with van der Waals surface area (Å²) in [5.41, 5.74) is -4.19. The van der Waals surface area contributed by atoms with Gasteiger partial charge in [-0.2, -0.15) is 26.9 Å². The Hall–Kier alpha value is -3.30. The monoisotopic (exact) mass is 485 g/mol. The first-order valence-corrected chi connectivity index (χ1v) is 10.0. The molecule has 0 atom stereocenters. The van der Waals surface area contributed by atoms with Crippen LogP contribution in [0.4, 0.5) is 22.0 Å². The molecule has 0 unspecified atom stereocenters. The molecule has 10 heteroatoms. The minimum absolute atomic E-state index is 0.157. The summed E-state index contributed by atoms with van der Waals surface area (Å²) >= 11 is 0. The van der Waals surface area contributed by atoms with Crippen LogP contribution in [0.3, 0.4) is 0 Å². The molecule has 0 spiro atoms. The van der Waals surface area contributed by atoms with Crippen LogP contribution in [-0.4, -0.2) is 30.7 Å². The Kier molecular flexibility index (Phi) is 7.54. The number of nitrogens with zero attached hydrogens (tertiary/aromatic N) is 1. The number of nitroso groups, excluding NO2 is 1. The molecule has 0 saturated heterocycles. The number of carbonyl (C=O) groups excluding carboxylic acids is 1. The third-order valence-electron chi connectivity index (χ3n) is 5.65. The van der Waals surface area contributed by atoms with E-state index < -0.39 is 39.9 Å². The quantitative estimate of drug-likeness (QED) is 0.129. The minimum atomic E-state index is -5.84. The van der Waals surface area contributed by atoms with Crippen LogP contribution in [0.15, 0.2) is 47.6 Å². The lowest BCUT2D eigenvalue weighted by Crippen LogP contribution is -2.48. The molecule has 184 valence electrons. The highest BCUT2D eigenvalue weighted by molar-refractivity contribution is 6.14. The van der Waals surface area contributed by atoms with Crippen LogP contribution in [0.5, 0.6) is 11.5 Å². The number of aldehydes is 1. The van der Waals surface area contributed by atoms with Crippen LogP contribution in [0.2, 0.25) is 0 Å².